The smallest absolute Gasteiger partial charge is 0.122 e. The second-order valence-electron chi connectivity index (χ2n) is 5.07. The highest BCUT2D eigenvalue weighted by Crippen LogP contribution is 2.63. The third-order valence-corrected chi connectivity index (χ3v) is 4.00. The summed E-state index contributed by atoms with van der Waals surface area (Å²) in [6.07, 6.45) is 3.70. The maximum absolute atomic E-state index is 5.83. The number of ether oxygens (including phenoxy) is 1. The van der Waals surface area contributed by atoms with Crippen molar-refractivity contribution in [2.24, 2.45) is 5.92 Å². The van der Waals surface area contributed by atoms with Gasteiger partial charge in [0.25, 0.3) is 0 Å². The van der Waals surface area contributed by atoms with Gasteiger partial charge < -0.3 is 9.72 Å². The number of fused-ring (bicyclic) bond motifs is 3. The number of hydrogen-bond acceptors (Lipinski definition) is 2. The number of rotatable bonds is 1. The molecule has 1 fully saturated rings. The van der Waals surface area contributed by atoms with Crippen LogP contribution in [0.15, 0.2) is 30.7 Å². The lowest BCUT2D eigenvalue weighted by Crippen LogP contribution is -2.08. The molecule has 1 aromatic heterocycles. The van der Waals surface area contributed by atoms with Gasteiger partial charge in [0.1, 0.15) is 5.75 Å². The molecular weight excluding hydrogens is 236 g/mol. The number of imidazole rings is 1. The fraction of sp³-hybridized carbons (Fsp3) is 0.438. The molecule has 2 unspecified atom stereocenters. The molecule has 3 nitrogen and oxygen atoms in total. The fourth-order valence-electron chi connectivity index (χ4n) is 3.12. The molecule has 4 rings (SSSR count). The van der Waals surface area contributed by atoms with E-state index >= 15 is 0 Å². The van der Waals surface area contributed by atoms with Crippen LogP contribution in [0, 0.1) is 12.8 Å². The molecule has 0 saturated heterocycles. The number of aromatic amines is 1. The van der Waals surface area contributed by atoms with Crippen LogP contribution in [0.2, 0.25) is 0 Å². The van der Waals surface area contributed by atoms with Crippen LogP contribution in [-0.2, 0) is 0 Å². The highest BCUT2D eigenvalue weighted by atomic mass is 16.5. The third-order valence-electron chi connectivity index (χ3n) is 4.00. The van der Waals surface area contributed by atoms with E-state index in [1.807, 2.05) is 20.0 Å². The first-order chi connectivity index (χ1) is 9.34. The number of aryl methyl sites for hydroxylation is 1. The van der Waals surface area contributed by atoms with Crippen molar-refractivity contribution < 1.29 is 4.74 Å². The van der Waals surface area contributed by atoms with Crippen LogP contribution in [-0.4, -0.2) is 16.6 Å². The molecule has 2 aliphatic rings. The first-order valence-corrected chi connectivity index (χ1v) is 7.06. The third kappa shape index (κ3) is 1.93. The average Bonchev–Trinajstić information content (AvgIpc) is 2.94. The van der Waals surface area contributed by atoms with Crippen LogP contribution in [0.3, 0.4) is 0 Å². The van der Waals surface area contributed by atoms with E-state index in [2.05, 4.69) is 35.1 Å². The quantitative estimate of drug-likeness (QED) is 0.846. The van der Waals surface area contributed by atoms with Crippen molar-refractivity contribution in [1.29, 1.82) is 0 Å². The lowest BCUT2D eigenvalue weighted by atomic mass is 10.0. The highest BCUT2D eigenvalue weighted by Gasteiger charge is 2.55. The fourth-order valence-corrected chi connectivity index (χ4v) is 3.12. The largest absolute Gasteiger partial charge is 0.493 e. The summed E-state index contributed by atoms with van der Waals surface area (Å²) in [7, 11) is 0. The van der Waals surface area contributed by atoms with Crippen molar-refractivity contribution >= 4 is 0 Å². The van der Waals surface area contributed by atoms with Gasteiger partial charge in [-0.3, -0.25) is 0 Å². The molecule has 2 heterocycles. The normalized spacial score (nSPS) is 26.4. The van der Waals surface area contributed by atoms with E-state index in [4.69, 9.17) is 4.74 Å². The van der Waals surface area contributed by atoms with E-state index < -0.39 is 0 Å². The summed E-state index contributed by atoms with van der Waals surface area (Å²) in [4.78, 5) is 7.35. The number of aromatic nitrogens is 2. The van der Waals surface area contributed by atoms with E-state index in [0.717, 1.165) is 12.4 Å². The molecule has 1 aliphatic carbocycles. The molecule has 3 atom stereocenters. The standard InChI is InChI=1S/C14H14N2O.C2H6/c1-8-2-3-12-9(4-8)13-10(6-17-12)14(13)11-5-15-7-16-11;1-2/h2-5,7,10,13-14H,6H2,1H3,(H,15,16);1-2H3/t10?,13?,14-;/m0./s1. The van der Waals surface area contributed by atoms with Gasteiger partial charge in [0, 0.05) is 29.6 Å². The Kier molecular flexibility index (Phi) is 3.05. The molecule has 1 N–H and O–H groups in total. The van der Waals surface area contributed by atoms with E-state index in [1.54, 1.807) is 6.33 Å². The summed E-state index contributed by atoms with van der Waals surface area (Å²) in [6.45, 7) is 6.97. The monoisotopic (exact) mass is 256 g/mol. The summed E-state index contributed by atoms with van der Waals surface area (Å²) >= 11 is 0. The van der Waals surface area contributed by atoms with Gasteiger partial charge in [-0.15, -0.1) is 0 Å². The van der Waals surface area contributed by atoms with E-state index in [-0.39, 0.29) is 0 Å². The van der Waals surface area contributed by atoms with Crippen molar-refractivity contribution in [2.45, 2.75) is 32.6 Å². The Labute approximate surface area is 114 Å². The molecule has 0 radical (unpaired) electrons. The summed E-state index contributed by atoms with van der Waals surface area (Å²) < 4.78 is 5.83. The van der Waals surface area contributed by atoms with Gasteiger partial charge in [-0.2, -0.15) is 0 Å². The first-order valence-electron chi connectivity index (χ1n) is 7.06. The lowest BCUT2D eigenvalue weighted by Gasteiger charge is -2.16. The van der Waals surface area contributed by atoms with Crippen LogP contribution in [0.1, 0.15) is 42.5 Å². The molecule has 100 valence electrons. The van der Waals surface area contributed by atoms with Crippen molar-refractivity contribution in [3.8, 4) is 5.75 Å². The van der Waals surface area contributed by atoms with Crippen molar-refractivity contribution in [3.05, 3.63) is 47.5 Å². The Hall–Kier alpha value is -1.77. The van der Waals surface area contributed by atoms with Crippen LogP contribution in [0.4, 0.5) is 0 Å². The predicted octanol–water partition coefficient (Wildman–Crippen LogP) is 3.63. The second kappa shape index (κ2) is 4.72. The summed E-state index contributed by atoms with van der Waals surface area (Å²) in [5.74, 6) is 2.89. The summed E-state index contributed by atoms with van der Waals surface area (Å²) in [5.41, 5.74) is 3.93. The predicted molar refractivity (Wildman–Crippen MR) is 75.6 cm³/mol. The van der Waals surface area contributed by atoms with E-state index in [9.17, 15) is 0 Å². The molecule has 3 heteroatoms. The van der Waals surface area contributed by atoms with Crippen molar-refractivity contribution in [1.82, 2.24) is 9.97 Å². The zero-order chi connectivity index (χ0) is 13.4. The van der Waals surface area contributed by atoms with Gasteiger partial charge in [0.05, 0.1) is 12.9 Å². The molecule has 2 aromatic rings. The van der Waals surface area contributed by atoms with Crippen molar-refractivity contribution in [2.75, 3.05) is 6.61 Å². The Morgan fingerprint density at radius 2 is 2.11 bits per heavy atom. The zero-order valence-corrected chi connectivity index (χ0v) is 11.7. The van der Waals surface area contributed by atoms with Gasteiger partial charge >= 0.3 is 0 Å². The van der Waals surface area contributed by atoms with E-state index in [0.29, 0.717) is 17.8 Å². The zero-order valence-electron chi connectivity index (χ0n) is 11.7. The Balaban J connectivity index is 0.000000528. The molecule has 0 spiro atoms. The number of hydrogen-bond donors (Lipinski definition) is 1. The average molecular weight is 256 g/mol. The summed E-state index contributed by atoms with van der Waals surface area (Å²) in [6, 6.07) is 6.48. The Bertz CT molecular complexity index is 562. The van der Waals surface area contributed by atoms with E-state index in [1.165, 1.54) is 16.8 Å². The summed E-state index contributed by atoms with van der Waals surface area (Å²) in [5, 5.41) is 0. The van der Waals surface area contributed by atoms with Gasteiger partial charge in [-0.05, 0) is 18.6 Å². The highest BCUT2D eigenvalue weighted by molar-refractivity contribution is 5.48. The molecule has 1 aromatic carbocycles. The molecular formula is C16H20N2O. The minimum atomic E-state index is 0.570. The SMILES string of the molecule is CC.Cc1ccc2c(c1)C1C(CO2)[C@H]1c1cnc[nH]1. The van der Waals surface area contributed by atoms with Crippen LogP contribution >= 0.6 is 0 Å². The number of nitrogens with zero attached hydrogens (tertiary/aromatic N) is 1. The molecule has 19 heavy (non-hydrogen) atoms. The van der Waals surface area contributed by atoms with Crippen LogP contribution in [0.25, 0.3) is 0 Å². The topological polar surface area (TPSA) is 37.9 Å². The minimum absolute atomic E-state index is 0.570. The maximum atomic E-state index is 5.83. The van der Waals surface area contributed by atoms with Crippen LogP contribution < -0.4 is 4.74 Å². The van der Waals surface area contributed by atoms with Gasteiger partial charge in [-0.1, -0.05) is 31.5 Å². The molecule has 0 bridgehead atoms. The minimum Gasteiger partial charge on any atom is -0.493 e. The van der Waals surface area contributed by atoms with Crippen LogP contribution in [0.5, 0.6) is 5.75 Å². The van der Waals surface area contributed by atoms with Gasteiger partial charge in [-0.25, -0.2) is 4.98 Å². The van der Waals surface area contributed by atoms with Crippen molar-refractivity contribution in [3.63, 3.8) is 0 Å². The van der Waals surface area contributed by atoms with Gasteiger partial charge in [0.15, 0.2) is 0 Å². The lowest BCUT2D eigenvalue weighted by molar-refractivity contribution is 0.277. The Morgan fingerprint density at radius 1 is 1.26 bits per heavy atom. The number of nitrogens with one attached hydrogen (secondary N) is 1. The maximum Gasteiger partial charge on any atom is 0.122 e. The molecule has 0 amide bonds. The van der Waals surface area contributed by atoms with Gasteiger partial charge in [0.2, 0.25) is 0 Å². The first kappa shape index (κ1) is 12.3. The number of H-pyrrole nitrogens is 1. The molecule has 1 aliphatic heterocycles. The second-order valence-corrected chi connectivity index (χ2v) is 5.07. The Morgan fingerprint density at radius 3 is 2.84 bits per heavy atom. The molecule has 1 saturated carbocycles. The number of benzene rings is 1.